The molecule has 0 fully saturated rings. The molecule has 1 aliphatic heterocycles. The molecular formula is C18H20N2O3S. The smallest absolute Gasteiger partial charge is 0.237 e. The van der Waals surface area contributed by atoms with Gasteiger partial charge < -0.3 is 10.6 Å². The van der Waals surface area contributed by atoms with Crippen LogP contribution in [0.3, 0.4) is 0 Å². The molecule has 126 valence electrons. The summed E-state index contributed by atoms with van der Waals surface area (Å²) in [4.78, 5) is 12.6. The summed E-state index contributed by atoms with van der Waals surface area (Å²) < 4.78 is 22.9. The van der Waals surface area contributed by atoms with Gasteiger partial charge in [-0.15, -0.1) is 0 Å². The van der Waals surface area contributed by atoms with E-state index in [0.717, 1.165) is 5.56 Å². The fraction of sp³-hybridized carbons (Fsp3) is 0.278. The number of carbonyl (C=O) groups excluding carboxylic acids is 1. The third kappa shape index (κ3) is 3.83. The second-order valence-electron chi connectivity index (χ2n) is 6.04. The second-order valence-corrected chi connectivity index (χ2v) is 8.06. The lowest BCUT2D eigenvalue weighted by atomic mass is 9.95. The lowest BCUT2D eigenvalue weighted by molar-refractivity contribution is -0.123. The molecule has 2 aromatic carbocycles. The van der Waals surface area contributed by atoms with Crippen LogP contribution in [0.2, 0.25) is 0 Å². The van der Waals surface area contributed by atoms with Gasteiger partial charge in [0, 0.05) is 19.3 Å². The fourth-order valence-electron chi connectivity index (χ4n) is 2.81. The summed E-state index contributed by atoms with van der Waals surface area (Å²) in [6.07, 6.45) is 1.85. The molecule has 0 bridgehead atoms. The van der Waals surface area contributed by atoms with Crippen molar-refractivity contribution >= 4 is 15.7 Å². The van der Waals surface area contributed by atoms with Gasteiger partial charge in [0.1, 0.15) is 0 Å². The van der Waals surface area contributed by atoms with E-state index in [0.29, 0.717) is 19.5 Å². The molecule has 6 heteroatoms. The molecule has 24 heavy (non-hydrogen) atoms. The van der Waals surface area contributed by atoms with Crippen molar-refractivity contribution in [2.75, 3.05) is 6.26 Å². The van der Waals surface area contributed by atoms with Crippen LogP contribution >= 0.6 is 0 Å². The van der Waals surface area contributed by atoms with Crippen LogP contribution in [0.4, 0.5) is 0 Å². The fourth-order valence-corrected chi connectivity index (χ4v) is 3.44. The average molecular weight is 344 g/mol. The Hall–Kier alpha value is -2.18. The second kappa shape index (κ2) is 6.75. The number of sulfone groups is 1. The van der Waals surface area contributed by atoms with E-state index in [4.69, 9.17) is 0 Å². The van der Waals surface area contributed by atoms with Crippen LogP contribution < -0.4 is 10.6 Å². The molecule has 0 saturated carbocycles. The maximum absolute atomic E-state index is 12.3. The molecule has 2 aromatic rings. The Morgan fingerprint density at radius 2 is 1.79 bits per heavy atom. The van der Waals surface area contributed by atoms with Crippen LogP contribution in [0, 0.1) is 0 Å². The molecule has 1 atom stereocenters. The Kier molecular flexibility index (Phi) is 4.69. The van der Waals surface area contributed by atoms with Gasteiger partial charge in [-0.1, -0.05) is 36.4 Å². The van der Waals surface area contributed by atoms with Gasteiger partial charge >= 0.3 is 0 Å². The quantitative estimate of drug-likeness (QED) is 0.880. The standard InChI is InChI=1S/C18H20N2O3S/c1-24(22,23)16-8-6-13(7-9-16)11-20-18(21)17-10-14-4-2-3-5-15(14)12-19-17/h2-9,17,19H,10-12H2,1H3,(H,20,21)/t17-/m1/s1. The lowest BCUT2D eigenvalue weighted by Gasteiger charge is -2.25. The summed E-state index contributed by atoms with van der Waals surface area (Å²) in [7, 11) is -3.19. The third-order valence-corrected chi connectivity index (χ3v) is 5.34. The van der Waals surface area contributed by atoms with Gasteiger partial charge in [-0.25, -0.2) is 8.42 Å². The highest BCUT2D eigenvalue weighted by Gasteiger charge is 2.23. The van der Waals surface area contributed by atoms with Gasteiger partial charge in [0.15, 0.2) is 9.84 Å². The van der Waals surface area contributed by atoms with Crippen LogP contribution in [0.1, 0.15) is 16.7 Å². The topological polar surface area (TPSA) is 75.3 Å². The Morgan fingerprint density at radius 3 is 2.46 bits per heavy atom. The average Bonchev–Trinajstić information content (AvgIpc) is 2.59. The molecule has 0 radical (unpaired) electrons. The summed E-state index contributed by atoms with van der Waals surface area (Å²) in [5.41, 5.74) is 3.30. The van der Waals surface area contributed by atoms with Gasteiger partial charge in [0.05, 0.1) is 10.9 Å². The Labute approximate surface area is 142 Å². The van der Waals surface area contributed by atoms with E-state index >= 15 is 0 Å². The molecule has 0 aliphatic carbocycles. The van der Waals surface area contributed by atoms with E-state index in [1.165, 1.54) is 17.4 Å². The number of amides is 1. The normalized spacial score (nSPS) is 17.1. The molecule has 0 aromatic heterocycles. The van der Waals surface area contributed by atoms with Crippen molar-refractivity contribution in [1.29, 1.82) is 0 Å². The van der Waals surface area contributed by atoms with Gasteiger partial charge in [0.2, 0.25) is 5.91 Å². The first-order valence-corrected chi connectivity index (χ1v) is 9.69. The third-order valence-electron chi connectivity index (χ3n) is 4.22. The minimum absolute atomic E-state index is 0.0447. The molecule has 1 aliphatic rings. The van der Waals surface area contributed by atoms with Crippen molar-refractivity contribution in [2.45, 2.75) is 30.4 Å². The molecule has 2 N–H and O–H groups in total. The van der Waals surface area contributed by atoms with E-state index in [9.17, 15) is 13.2 Å². The SMILES string of the molecule is CS(=O)(=O)c1ccc(CNC(=O)[C@H]2Cc3ccccc3CN2)cc1. The Balaban J connectivity index is 1.58. The Morgan fingerprint density at radius 1 is 1.12 bits per heavy atom. The molecule has 3 rings (SSSR count). The summed E-state index contributed by atoms with van der Waals surface area (Å²) in [5, 5.41) is 6.16. The molecule has 1 heterocycles. The van der Waals surface area contributed by atoms with Crippen molar-refractivity contribution in [2.24, 2.45) is 0 Å². The number of hydrogen-bond acceptors (Lipinski definition) is 4. The molecule has 5 nitrogen and oxygen atoms in total. The minimum atomic E-state index is -3.19. The van der Waals surface area contributed by atoms with Crippen LogP contribution in [0.5, 0.6) is 0 Å². The van der Waals surface area contributed by atoms with Gasteiger partial charge in [-0.05, 0) is 35.2 Å². The zero-order valence-corrected chi connectivity index (χ0v) is 14.3. The number of hydrogen-bond donors (Lipinski definition) is 2. The molecule has 0 unspecified atom stereocenters. The molecule has 0 spiro atoms. The predicted molar refractivity (Wildman–Crippen MR) is 92.2 cm³/mol. The maximum atomic E-state index is 12.3. The first-order valence-electron chi connectivity index (χ1n) is 7.80. The van der Waals surface area contributed by atoms with Crippen LogP contribution in [0.25, 0.3) is 0 Å². The number of benzene rings is 2. The number of fused-ring (bicyclic) bond motifs is 1. The molecule has 1 amide bonds. The van der Waals surface area contributed by atoms with E-state index in [-0.39, 0.29) is 16.8 Å². The highest BCUT2D eigenvalue weighted by atomic mass is 32.2. The first-order chi connectivity index (χ1) is 11.4. The summed E-state index contributed by atoms with van der Waals surface area (Å²) >= 11 is 0. The molecular weight excluding hydrogens is 324 g/mol. The molecule has 0 saturated heterocycles. The van der Waals surface area contributed by atoms with Crippen LogP contribution in [-0.4, -0.2) is 26.6 Å². The summed E-state index contributed by atoms with van der Waals surface area (Å²) in [5.74, 6) is -0.0447. The zero-order valence-electron chi connectivity index (χ0n) is 13.5. The van der Waals surface area contributed by atoms with Crippen molar-refractivity contribution < 1.29 is 13.2 Å². The maximum Gasteiger partial charge on any atom is 0.237 e. The van der Waals surface area contributed by atoms with Gasteiger partial charge in [-0.2, -0.15) is 0 Å². The highest BCUT2D eigenvalue weighted by molar-refractivity contribution is 7.90. The van der Waals surface area contributed by atoms with E-state index in [1.54, 1.807) is 24.3 Å². The van der Waals surface area contributed by atoms with Crippen molar-refractivity contribution in [3.8, 4) is 0 Å². The Bertz CT molecular complexity index is 845. The number of carbonyl (C=O) groups is 1. The predicted octanol–water partition coefficient (Wildman–Crippen LogP) is 1.42. The number of nitrogens with one attached hydrogen (secondary N) is 2. The minimum Gasteiger partial charge on any atom is -0.351 e. The summed E-state index contributed by atoms with van der Waals surface area (Å²) in [6.45, 7) is 1.07. The van der Waals surface area contributed by atoms with Crippen molar-refractivity contribution in [3.63, 3.8) is 0 Å². The van der Waals surface area contributed by atoms with E-state index in [2.05, 4.69) is 22.8 Å². The lowest BCUT2D eigenvalue weighted by Crippen LogP contribution is -2.47. The van der Waals surface area contributed by atoms with E-state index < -0.39 is 9.84 Å². The van der Waals surface area contributed by atoms with Crippen molar-refractivity contribution in [3.05, 3.63) is 65.2 Å². The monoisotopic (exact) mass is 344 g/mol. The van der Waals surface area contributed by atoms with Crippen LogP contribution in [0.15, 0.2) is 53.4 Å². The summed E-state index contributed by atoms with van der Waals surface area (Å²) in [6, 6.07) is 14.4. The largest absolute Gasteiger partial charge is 0.351 e. The van der Waals surface area contributed by atoms with Crippen molar-refractivity contribution in [1.82, 2.24) is 10.6 Å². The zero-order chi connectivity index (χ0) is 17.2. The van der Waals surface area contributed by atoms with Crippen LogP contribution in [-0.2, 0) is 34.1 Å². The highest BCUT2D eigenvalue weighted by Crippen LogP contribution is 2.16. The van der Waals surface area contributed by atoms with Gasteiger partial charge in [0.25, 0.3) is 0 Å². The van der Waals surface area contributed by atoms with E-state index in [1.807, 2.05) is 12.1 Å². The number of rotatable bonds is 4. The first kappa shape index (κ1) is 16.7. The van der Waals surface area contributed by atoms with Gasteiger partial charge in [-0.3, -0.25) is 4.79 Å².